The third-order valence-corrected chi connectivity index (χ3v) is 11.2. The Morgan fingerprint density at radius 1 is 0.981 bits per heavy atom. The van der Waals surface area contributed by atoms with E-state index in [1.165, 1.54) is 25.8 Å². The molecular weight excluding hydrogens is 665 g/mol. The van der Waals surface area contributed by atoms with Gasteiger partial charge >= 0.3 is 0 Å². The van der Waals surface area contributed by atoms with Gasteiger partial charge in [-0.2, -0.15) is 5.26 Å². The zero-order valence-corrected chi connectivity index (χ0v) is 29.8. The van der Waals surface area contributed by atoms with Gasteiger partial charge in [0.15, 0.2) is 17.5 Å². The van der Waals surface area contributed by atoms with Crippen molar-refractivity contribution in [1.82, 2.24) is 24.7 Å². The van der Waals surface area contributed by atoms with E-state index in [0.717, 1.165) is 56.3 Å². The van der Waals surface area contributed by atoms with Gasteiger partial charge in [-0.3, -0.25) is 9.59 Å². The normalized spacial score (nSPS) is 18.9. The van der Waals surface area contributed by atoms with Crippen LogP contribution < -0.4 is 10.9 Å². The van der Waals surface area contributed by atoms with Crippen LogP contribution in [-0.4, -0.2) is 71.1 Å². The Morgan fingerprint density at radius 3 is 2.44 bits per heavy atom. The number of carbonyl (C=O) groups excluding carboxylic acids is 1. The molecule has 3 fully saturated rings. The molecule has 2 unspecified atom stereocenters. The van der Waals surface area contributed by atoms with Gasteiger partial charge in [0.1, 0.15) is 0 Å². The zero-order valence-electron chi connectivity index (χ0n) is 29.8. The third kappa shape index (κ3) is 6.70. The lowest BCUT2D eigenvalue weighted by Gasteiger charge is -2.31. The minimum Gasteiger partial charge on any atom is -0.343 e. The Bertz CT molecular complexity index is 2250. The van der Waals surface area contributed by atoms with Crippen LogP contribution in [0, 0.1) is 28.8 Å². The van der Waals surface area contributed by atoms with Crippen molar-refractivity contribution in [1.29, 1.82) is 5.26 Å². The summed E-state index contributed by atoms with van der Waals surface area (Å²) in [5, 5.41) is 14.5. The molecule has 11 heteroatoms. The second kappa shape index (κ2) is 15.1. The van der Waals surface area contributed by atoms with Crippen LogP contribution >= 0.6 is 0 Å². The van der Waals surface area contributed by atoms with Gasteiger partial charge in [-0.1, -0.05) is 25.1 Å². The lowest BCUT2D eigenvalue weighted by Crippen LogP contribution is -2.42. The molecular formula is C41H45F3N6O2. The highest BCUT2D eigenvalue weighted by molar-refractivity contribution is 6.08. The van der Waals surface area contributed by atoms with Gasteiger partial charge in [0, 0.05) is 61.2 Å². The molecule has 0 bridgehead atoms. The first-order valence-electron chi connectivity index (χ1n) is 18.5. The predicted molar refractivity (Wildman–Crippen MR) is 199 cm³/mol. The van der Waals surface area contributed by atoms with Crippen molar-refractivity contribution >= 4 is 38.5 Å². The van der Waals surface area contributed by atoms with Crippen LogP contribution in [0.25, 0.3) is 43.7 Å². The fourth-order valence-electron chi connectivity index (χ4n) is 8.31. The number of aromatic nitrogens is 2. The molecule has 2 aromatic heterocycles. The van der Waals surface area contributed by atoms with Crippen molar-refractivity contribution in [3.05, 3.63) is 81.5 Å². The summed E-state index contributed by atoms with van der Waals surface area (Å²) in [6.45, 7) is 6.59. The number of halogens is 3. The minimum absolute atomic E-state index is 0.00584. The van der Waals surface area contributed by atoms with Crippen LogP contribution in [0.2, 0.25) is 0 Å². The van der Waals surface area contributed by atoms with Crippen LogP contribution in [-0.2, 0) is 17.6 Å². The van der Waals surface area contributed by atoms with Gasteiger partial charge in [0.25, 0.3) is 5.56 Å². The molecule has 52 heavy (non-hydrogen) atoms. The predicted octanol–water partition coefficient (Wildman–Crippen LogP) is 7.37. The number of H-pyrrole nitrogens is 1. The Hall–Kier alpha value is -4.66. The number of pyridine rings is 1. The van der Waals surface area contributed by atoms with Gasteiger partial charge in [0.2, 0.25) is 5.91 Å². The van der Waals surface area contributed by atoms with Gasteiger partial charge in [0.05, 0.1) is 22.5 Å². The van der Waals surface area contributed by atoms with Crippen molar-refractivity contribution in [3.63, 3.8) is 0 Å². The molecule has 2 atom stereocenters. The Labute approximate surface area is 301 Å². The Morgan fingerprint density at radius 2 is 1.79 bits per heavy atom. The number of nitrogens with one attached hydrogen (secondary N) is 2. The maximum absolute atomic E-state index is 16.9. The van der Waals surface area contributed by atoms with Crippen molar-refractivity contribution in [2.24, 2.45) is 0 Å². The van der Waals surface area contributed by atoms with E-state index in [1.54, 1.807) is 18.2 Å². The number of benzene rings is 3. The van der Waals surface area contributed by atoms with Gasteiger partial charge < -0.3 is 24.7 Å². The molecule has 0 spiro atoms. The summed E-state index contributed by atoms with van der Waals surface area (Å²) < 4.78 is 47.5. The molecule has 3 aromatic carbocycles. The first kappa shape index (κ1) is 35.7. The summed E-state index contributed by atoms with van der Waals surface area (Å²) in [4.78, 5) is 33.4. The summed E-state index contributed by atoms with van der Waals surface area (Å²) in [7, 11) is 2.22. The fourth-order valence-corrected chi connectivity index (χ4v) is 8.31. The fraction of sp³-hybridized carbons (Fsp3) is 0.439. The van der Waals surface area contributed by atoms with Crippen LogP contribution in [0.5, 0.6) is 0 Å². The number of aromatic amines is 1. The standard InChI is InChI=1S/C34H30F3N5O2.C7H15N/c35-27-15-19-4-1-6-23(24(19)17-28(27)36)30-20(5-2-10-38)14-25-32(31(30)37)40-34(44)26-16-21(7-8-29(43)41-12-3-13-41)42(33(25)26)22-9-11-39-18-22;1-3-7-5-4-6-8(7)2/h1,4,6,14-17,22,39H,2-3,5,7-9,11-13,18H2,(H,40,44);7H,3-6H2,1-2H3. The molecule has 8 rings (SSSR count). The number of rotatable bonds is 8. The lowest BCUT2D eigenvalue weighted by molar-refractivity contribution is -0.134. The van der Waals surface area contributed by atoms with E-state index in [9.17, 15) is 23.6 Å². The maximum Gasteiger partial charge on any atom is 0.257 e. The van der Waals surface area contributed by atoms with Gasteiger partial charge in [-0.05, 0) is 111 Å². The molecule has 3 aliphatic rings. The molecule has 1 amide bonds. The van der Waals surface area contributed by atoms with Crippen LogP contribution in [0.15, 0.2) is 47.3 Å². The molecule has 8 nitrogen and oxygen atoms in total. The van der Waals surface area contributed by atoms with Crippen LogP contribution in [0.4, 0.5) is 13.2 Å². The van der Waals surface area contributed by atoms with E-state index < -0.39 is 23.0 Å². The van der Waals surface area contributed by atoms with Gasteiger partial charge in [-0.15, -0.1) is 0 Å². The second-order valence-corrected chi connectivity index (χ2v) is 14.4. The number of nitrogens with zero attached hydrogens (tertiary/aromatic N) is 4. The number of nitriles is 1. The monoisotopic (exact) mass is 710 g/mol. The van der Waals surface area contributed by atoms with Gasteiger partial charge in [-0.25, -0.2) is 13.2 Å². The van der Waals surface area contributed by atoms with E-state index in [1.807, 2.05) is 17.0 Å². The van der Waals surface area contributed by atoms with Crippen molar-refractivity contribution < 1.29 is 18.0 Å². The molecule has 3 aliphatic heterocycles. The van der Waals surface area contributed by atoms with Crippen molar-refractivity contribution in [3.8, 4) is 17.2 Å². The van der Waals surface area contributed by atoms with Crippen molar-refractivity contribution in [2.75, 3.05) is 39.8 Å². The van der Waals surface area contributed by atoms with E-state index in [-0.39, 0.29) is 35.9 Å². The number of hydrogen-bond acceptors (Lipinski definition) is 5. The minimum atomic E-state index is -1.05. The second-order valence-electron chi connectivity index (χ2n) is 14.4. The molecule has 2 N–H and O–H groups in total. The lowest BCUT2D eigenvalue weighted by atomic mass is 9.90. The summed E-state index contributed by atoms with van der Waals surface area (Å²) in [5.41, 5.74) is 2.00. The van der Waals surface area contributed by atoms with E-state index in [4.69, 9.17) is 0 Å². The number of hydrogen-bond donors (Lipinski definition) is 2. The first-order chi connectivity index (χ1) is 25.2. The molecule has 0 radical (unpaired) electrons. The number of carbonyl (C=O) groups is 1. The highest BCUT2D eigenvalue weighted by Gasteiger charge is 2.28. The first-order valence-corrected chi connectivity index (χ1v) is 18.5. The zero-order chi connectivity index (χ0) is 36.5. The molecule has 3 saturated heterocycles. The largest absolute Gasteiger partial charge is 0.343 e. The molecule has 272 valence electrons. The highest BCUT2D eigenvalue weighted by Crippen LogP contribution is 2.40. The third-order valence-electron chi connectivity index (χ3n) is 11.2. The average Bonchev–Trinajstić information content (AvgIpc) is 3.87. The number of likely N-dealkylation sites (tertiary alicyclic amines) is 2. The molecule has 5 aromatic rings. The SMILES string of the molecule is CCC1CCCN1C.N#CCCc1cc2c([nH]c(=O)c3cc(CCC(=O)N4CCC4)n(C4CCNC4)c32)c(F)c1-c1cccc2cc(F)c(F)cc12. The molecule has 0 aliphatic carbocycles. The van der Waals surface area contributed by atoms with E-state index in [2.05, 4.69) is 39.8 Å². The highest BCUT2D eigenvalue weighted by atomic mass is 19.2. The average molecular weight is 711 g/mol. The summed E-state index contributed by atoms with van der Waals surface area (Å²) in [5.74, 6) is -2.67. The Balaban J connectivity index is 0.000000466. The number of aryl methyl sites for hydroxylation is 2. The van der Waals surface area contributed by atoms with E-state index in [0.29, 0.717) is 57.6 Å². The maximum atomic E-state index is 16.9. The number of fused-ring (bicyclic) bond motifs is 4. The van der Waals surface area contributed by atoms with E-state index >= 15 is 4.39 Å². The number of amides is 1. The summed E-state index contributed by atoms with van der Waals surface area (Å²) >= 11 is 0. The van der Waals surface area contributed by atoms with Crippen LogP contribution in [0.3, 0.4) is 0 Å². The quantitative estimate of drug-likeness (QED) is 0.175. The molecule has 0 saturated carbocycles. The van der Waals surface area contributed by atoms with Crippen molar-refractivity contribution in [2.45, 2.75) is 76.8 Å². The summed E-state index contributed by atoms with van der Waals surface area (Å²) in [6, 6.07) is 13.7. The summed E-state index contributed by atoms with van der Waals surface area (Å²) in [6.07, 6.45) is 7.06. The smallest absolute Gasteiger partial charge is 0.257 e. The van der Waals surface area contributed by atoms with Crippen LogP contribution in [0.1, 0.15) is 69.2 Å². The topological polar surface area (TPSA) is 97.2 Å². The molecule has 5 heterocycles. The Kier molecular flexibility index (Phi) is 10.4.